The Bertz CT molecular complexity index is 1200. The molecule has 0 radical (unpaired) electrons. The first-order valence-electron chi connectivity index (χ1n) is 13.3. The van der Waals surface area contributed by atoms with Gasteiger partial charge in [-0.3, -0.25) is 4.79 Å². The molecule has 1 atom stereocenters. The summed E-state index contributed by atoms with van der Waals surface area (Å²) >= 11 is 0. The number of ether oxygens (including phenoxy) is 2. The number of esters is 1. The van der Waals surface area contributed by atoms with E-state index in [-0.39, 0.29) is 17.3 Å². The molecule has 196 valence electrons. The average molecular weight is 501 g/mol. The predicted molar refractivity (Wildman–Crippen MR) is 150 cm³/mol. The Kier molecular flexibility index (Phi) is 8.96. The third kappa shape index (κ3) is 6.49. The molecular weight excluding hydrogens is 460 g/mol. The summed E-state index contributed by atoms with van der Waals surface area (Å²) in [4.78, 5) is 25.9. The third-order valence-corrected chi connectivity index (χ3v) is 7.74. The van der Waals surface area contributed by atoms with Crippen molar-refractivity contribution in [3.63, 3.8) is 0 Å². The van der Waals surface area contributed by atoms with Crippen LogP contribution in [0.25, 0.3) is 0 Å². The van der Waals surface area contributed by atoms with E-state index in [1.54, 1.807) is 24.3 Å². The van der Waals surface area contributed by atoms with Gasteiger partial charge < -0.3 is 9.47 Å². The lowest BCUT2D eigenvalue weighted by Crippen LogP contribution is -2.26. The Morgan fingerprint density at radius 2 is 1.27 bits per heavy atom. The van der Waals surface area contributed by atoms with Crippen LogP contribution in [0.2, 0.25) is 0 Å². The van der Waals surface area contributed by atoms with E-state index in [0.717, 1.165) is 30.6 Å². The van der Waals surface area contributed by atoms with Gasteiger partial charge in [0.2, 0.25) is 0 Å². The Morgan fingerprint density at radius 1 is 0.757 bits per heavy atom. The van der Waals surface area contributed by atoms with Crippen LogP contribution in [0.5, 0.6) is 11.5 Å². The van der Waals surface area contributed by atoms with Gasteiger partial charge in [0.05, 0.1) is 11.7 Å². The maximum atomic E-state index is 13.0. The van der Waals surface area contributed by atoms with Crippen molar-refractivity contribution in [1.29, 1.82) is 0 Å². The van der Waals surface area contributed by atoms with Crippen LogP contribution in [0.3, 0.4) is 0 Å². The minimum Gasteiger partial charge on any atom is -0.491 e. The van der Waals surface area contributed by atoms with E-state index in [1.807, 2.05) is 57.2 Å². The molecule has 3 rings (SSSR count). The van der Waals surface area contributed by atoms with Crippen molar-refractivity contribution in [2.24, 2.45) is 5.41 Å². The SMILES string of the molecule is CCC(C)Oc1ccc(C(C)(C)c2ccc(OC(=O)c3cccc(C(=O)C(C)(CC)CC)c3)cc2)cc1. The first kappa shape index (κ1) is 28.2. The molecule has 3 aromatic carbocycles. The van der Waals surface area contributed by atoms with Gasteiger partial charge in [-0.25, -0.2) is 4.79 Å². The first-order chi connectivity index (χ1) is 17.5. The van der Waals surface area contributed by atoms with Gasteiger partial charge in [-0.15, -0.1) is 0 Å². The summed E-state index contributed by atoms with van der Waals surface area (Å²) in [5.41, 5.74) is 2.50. The highest BCUT2D eigenvalue weighted by atomic mass is 16.5. The zero-order valence-corrected chi connectivity index (χ0v) is 23.3. The Hall–Kier alpha value is -3.40. The number of rotatable bonds is 11. The number of benzene rings is 3. The smallest absolute Gasteiger partial charge is 0.343 e. The highest BCUT2D eigenvalue weighted by Gasteiger charge is 2.30. The lowest BCUT2D eigenvalue weighted by atomic mass is 9.77. The Balaban J connectivity index is 1.72. The van der Waals surface area contributed by atoms with Crippen LogP contribution in [0.15, 0.2) is 72.8 Å². The summed E-state index contributed by atoms with van der Waals surface area (Å²) in [5, 5.41) is 0. The third-order valence-electron chi connectivity index (χ3n) is 7.74. The van der Waals surface area contributed by atoms with E-state index in [2.05, 4.69) is 39.8 Å². The zero-order chi connectivity index (χ0) is 27.2. The molecule has 0 fully saturated rings. The van der Waals surface area contributed by atoms with Crippen LogP contribution in [0.1, 0.15) is 99.6 Å². The van der Waals surface area contributed by atoms with Gasteiger partial charge >= 0.3 is 5.97 Å². The molecule has 4 nitrogen and oxygen atoms in total. The van der Waals surface area contributed by atoms with Gasteiger partial charge in [0.15, 0.2) is 5.78 Å². The molecule has 4 heteroatoms. The fourth-order valence-corrected chi connectivity index (χ4v) is 4.25. The fraction of sp³-hybridized carbons (Fsp3) is 0.394. The van der Waals surface area contributed by atoms with Crippen LogP contribution in [0.4, 0.5) is 0 Å². The van der Waals surface area contributed by atoms with Crippen molar-refractivity contribution in [2.75, 3.05) is 0 Å². The molecule has 0 amide bonds. The molecule has 0 saturated heterocycles. The van der Waals surface area contributed by atoms with Crippen molar-refractivity contribution in [3.8, 4) is 11.5 Å². The van der Waals surface area contributed by atoms with Crippen molar-refractivity contribution in [3.05, 3.63) is 95.1 Å². The second-order valence-electron chi connectivity index (χ2n) is 10.6. The summed E-state index contributed by atoms with van der Waals surface area (Å²) in [6.07, 6.45) is 2.64. The number of ketones is 1. The summed E-state index contributed by atoms with van der Waals surface area (Å²) < 4.78 is 11.6. The molecule has 0 saturated carbocycles. The van der Waals surface area contributed by atoms with Crippen molar-refractivity contribution >= 4 is 11.8 Å². The number of hydrogen-bond acceptors (Lipinski definition) is 4. The molecule has 0 spiro atoms. The van der Waals surface area contributed by atoms with Crippen LogP contribution in [0, 0.1) is 5.41 Å². The van der Waals surface area contributed by atoms with E-state index in [1.165, 1.54) is 5.56 Å². The van der Waals surface area contributed by atoms with Gasteiger partial charge in [0, 0.05) is 16.4 Å². The fourth-order valence-electron chi connectivity index (χ4n) is 4.25. The zero-order valence-electron chi connectivity index (χ0n) is 23.3. The molecule has 0 aliphatic heterocycles. The quantitative estimate of drug-likeness (QED) is 0.151. The Labute approximate surface area is 222 Å². The van der Waals surface area contributed by atoms with Crippen molar-refractivity contribution < 1.29 is 19.1 Å². The molecule has 37 heavy (non-hydrogen) atoms. The van der Waals surface area contributed by atoms with Crippen molar-refractivity contribution in [1.82, 2.24) is 0 Å². The molecule has 0 bridgehead atoms. The molecule has 0 heterocycles. The number of Topliss-reactive ketones (excluding diaryl/α,β-unsaturated/α-hetero) is 1. The van der Waals surface area contributed by atoms with Crippen LogP contribution < -0.4 is 9.47 Å². The molecule has 3 aromatic rings. The standard InChI is InChI=1S/C33H40O4/c1-8-23(4)36-28-18-14-26(15-19-28)32(5,6)27-16-20-29(21-17-27)37-31(35)25-13-11-12-24(22-25)30(34)33(7,9-2)10-3/h11-23H,8-10H2,1-7H3. The monoisotopic (exact) mass is 500 g/mol. The second-order valence-corrected chi connectivity index (χ2v) is 10.6. The van der Waals surface area contributed by atoms with E-state index in [0.29, 0.717) is 16.9 Å². The van der Waals surface area contributed by atoms with E-state index in [4.69, 9.17) is 9.47 Å². The summed E-state index contributed by atoms with van der Waals surface area (Å²) in [6.45, 7) is 14.5. The Morgan fingerprint density at radius 3 is 1.78 bits per heavy atom. The summed E-state index contributed by atoms with van der Waals surface area (Å²) in [6, 6.07) is 22.7. The van der Waals surface area contributed by atoms with Crippen LogP contribution >= 0.6 is 0 Å². The lowest BCUT2D eigenvalue weighted by molar-refractivity contribution is 0.0734. The van der Waals surface area contributed by atoms with E-state index in [9.17, 15) is 9.59 Å². The van der Waals surface area contributed by atoms with Crippen LogP contribution in [-0.2, 0) is 5.41 Å². The maximum Gasteiger partial charge on any atom is 0.343 e. The topological polar surface area (TPSA) is 52.6 Å². The van der Waals surface area contributed by atoms with Crippen molar-refractivity contribution in [2.45, 2.75) is 79.2 Å². The minimum atomic E-state index is -0.478. The molecule has 0 aromatic heterocycles. The van der Waals surface area contributed by atoms with Crippen LogP contribution in [-0.4, -0.2) is 17.9 Å². The lowest BCUT2D eigenvalue weighted by Gasteiger charge is -2.26. The highest BCUT2D eigenvalue weighted by molar-refractivity contribution is 6.02. The van der Waals surface area contributed by atoms with Gasteiger partial charge in [-0.1, -0.05) is 77.9 Å². The van der Waals surface area contributed by atoms with E-state index < -0.39 is 11.4 Å². The highest BCUT2D eigenvalue weighted by Crippen LogP contribution is 2.34. The minimum absolute atomic E-state index is 0.0539. The molecule has 1 unspecified atom stereocenters. The van der Waals surface area contributed by atoms with E-state index >= 15 is 0 Å². The molecule has 0 N–H and O–H groups in total. The van der Waals surface area contributed by atoms with Gasteiger partial charge in [0.1, 0.15) is 11.5 Å². The van der Waals surface area contributed by atoms with Gasteiger partial charge in [-0.05, 0) is 73.7 Å². The molecule has 0 aliphatic carbocycles. The normalized spacial score (nSPS) is 12.6. The predicted octanol–water partition coefficient (Wildman–Crippen LogP) is 8.42. The average Bonchev–Trinajstić information content (AvgIpc) is 2.92. The number of hydrogen-bond donors (Lipinski definition) is 0. The second kappa shape index (κ2) is 11.8. The van der Waals surface area contributed by atoms with Gasteiger partial charge in [0.25, 0.3) is 0 Å². The molecular formula is C33H40O4. The number of carbonyl (C=O) groups excluding carboxylic acids is 2. The first-order valence-corrected chi connectivity index (χ1v) is 13.3. The maximum absolute atomic E-state index is 13.0. The summed E-state index contributed by atoms with van der Waals surface area (Å²) in [7, 11) is 0. The van der Waals surface area contributed by atoms with Gasteiger partial charge in [-0.2, -0.15) is 0 Å². The molecule has 0 aliphatic rings. The number of carbonyl (C=O) groups is 2. The largest absolute Gasteiger partial charge is 0.491 e. The summed E-state index contributed by atoms with van der Waals surface area (Å²) in [5.74, 6) is 0.910.